The number of unbranched alkanes of at least 4 members (excludes halogenated alkanes) is 18. The number of hydrogen-bond donors (Lipinski definition) is 0. The summed E-state index contributed by atoms with van der Waals surface area (Å²) < 4.78 is 16.9. The molecule has 0 aliphatic rings. The smallest absolute Gasteiger partial charge is 0.306 e. The second kappa shape index (κ2) is 67.3. The maximum Gasteiger partial charge on any atom is 0.306 e. The third-order valence-corrected chi connectivity index (χ3v) is 13.2. The fraction of sp³-hybridized carbons (Fsp3) is 0.587. The SMILES string of the molecule is CC/C=C\C/C=C\C/C=C\C/C=C\C/C=C\CCCCCCCCCCCCCCCC(=O)OCC(COC(=O)CCCCCC/C=C\C/C=C\C/C=C\C/C=C\CC)OC(=O)CCC/C=C\C/C=C\C/C=C\C/C=C\C/C=C\CC. The average molecular weight is 1120 g/mol. The molecule has 454 valence electrons. The van der Waals surface area contributed by atoms with Crippen LogP contribution in [0.4, 0.5) is 0 Å². The molecule has 6 heteroatoms. The van der Waals surface area contributed by atoms with Gasteiger partial charge in [0.15, 0.2) is 6.10 Å². The first kappa shape index (κ1) is 75.8. The van der Waals surface area contributed by atoms with Crippen LogP contribution in [0.1, 0.15) is 265 Å². The van der Waals surface area contributed by atoms with Crippen molar-refractivity contribution in [1.29, 1.82) is 0 Å². The highest BCUT2D eigenvalue weighted by Crippen LogP contribution is 2.15. The zero-order chi connectivity index (χ0) is 58.5. The monoisotopic (exact) mass is 1110 g/mol. The first-order valence-corrected chi connectivity index (χ1v) is 32.6. The van der Waals surface area contributed by atoms with Crippen molar-refractivity contribution in [3.8, 4) is 0 Å². The highest BCUT2D eigenvalue weighted by molar-refractivity contribution is 5.71. The van der Waals surface area contributed by atoms with Crippen molar-refractivity contribution < 1.29 is 28.6 Å². The van der Waals surface area contributed by atoms with Crippen LogP contribution in [-0.4, -0.2) is 37.2 Å². The van der Waals surface area contributed by atoms with Crippen LogP contribution in [0.5, 0.6) is 0 Å². The Balaban J connectivity index is 4.41. The molecule has 0 aromatic rings. The van der Waals surface area contributed by atoms with Gasteiger partial charge in [-0.3, -0.25) is 14.4 Å². The van der Waals surface area contributed by atoms with Crippen LogP contribution in [0.25, 0.3) is 0 Å². The van der Waals surface area contributed by atoms with Crippen LogP contribution in [0.3, 0.4) is 0 Å². The zero-order valence-electron chi connectivity index (χ0n) is 52.0. The van der Waals surface area contributed by atoms with Crippen molar-refractivity contribution in [3.63, 3.8) is 0 Å². The first-order valence-electron chi connectivity index (χ1n) is 32.6. The lowest BCUT2D eigenvalue weighted by atomic mass is 10.0. The molecular weight excluding hydrogens is 997 g/mol. The molecule has 0 saturated carbocycles. The van der Waals surface area contributed by atoms with E-state index in [2.05, 4.69) is 191 Å². The summed E-state index contributed by atoms with van der Waals surface area (Å²) in [5, 5.41) is 0. The number of rotatable bonds is 57. The molecule has 0 rings (SSSR count). The summed E-state index contributed by atoms with van der Waals surface area (Å²) in [5.74, 6) is -1.00. The van der Waals surface area contributed by atoms with Gasteiger partial charge in [0, 0.05) is 19.3 Å². The van der Waals surface area contributed by atoms with Crippen LogP contribution >= 0.6 is 0 Å². The third-order valence-electron chi connectivity index (χ3n) is 13.2. The maximum atomic E-state index is 12.9. The molecule has 0 saturated heterocycles. The van der Waals surface area contributed by atoms with Crippen LogP contribution in [0.2, 0.25) is 0 Å². The molecule has 0 aliphatic heterocycles. The van der Waals surface area contributed by atoms with Gasteiger partial charge in [-0.05, 0) is 141 Å². The predicted octanol–water partition coefficient (Wildman–Crippen LogP) is 22.7. The average Bonchev–Trinajstić information content (AvgIpc) is 3.47. The quantitative estimate of drug-likeness (QED) is 0.0261. The molecule has 0 radical (unpaired) electrons. The minimum absolute atomic E-state index is 0.116. The molecular formula is C75H118O6. The molecule has 0 fully saturated rings. The Labute approximate surface area is 498 Å². The number of esters is 3. The molecule has 0 amide bonds. The molecule has 0 N–H and O–H groups in total. The normalized spacial score (nSPS) is 13.3. The fourth-order valence-corrected chi connectivity index (χ4v) is 8.44. The number of hydrogen-bond acceptors (Lipinski definition) is 6. The van der Waals surface area contributed by atoms with E-state index in [-0.39, 0.29) is 37.5 Å². The van der Waals surface area contributed by atoms with Crippen LogP contribution in [0, 0.1) is 0 Å². The van der Waals surface area contributed by atoms with Crippen LogP contribution in [-0.2, 0) is 28.6 Å². The summed E-state index contributed by atoms with van der Waals surface area (Å²) in [6, 6.07) is 0. The van der Waals surface area contributed by atoms with Crippen molar-refractivity contribution in [1.82, 2.24) is 0 Å². The van der Waals surface area contributed by atoms with Gasteiger partial charge in [0.2, 0.25) is 0 Å². The van der Waals surface area contributed by atoms with Gasteiger partial charge in [-0.25, -0.2) is 0 Å². The standard InChI is InChI=1S/C75H118O6/c1-4-7-10-13-16-19-22-25-28-31-32-33-34-35-36-37-38-39-40-41-42-45-47-50-53-56-59-62-65-68-74(77)80-71-72(81-75(78)69-66-63-60-57-54-51-48-44-30-27-24-21-18-15-12-9-6-3)70-79-73(76)67-64-61-58-55-52-49-46-43-29-26-23-20-17-14-11-8-5-2/h7-12,16-21,25-30,32-33,35-36,46,48-49,51,57,60,72H,4-6,13-15,22-24,31,34,37-45,47,50,52-56,58-59,61-71H2,1-3H3/b10-7-,11-8-,12-9-,19-16-,20-17-,21-18-,28-25-,29-26-,30-27-,33-32-,36-35-,49-46-,51-48-,60-57-. The van der Waals surface area contributed by atoms with E-state index in [4.69, 9.17) is 14.2 Å². The molecule has 0 spiro atoms. The summed E-state index contributed by atoms with van der Waals surface area (Å²) >= 11 is 0. The van der Waals surface area contributed by atoms with E-state index >= 15 is 0 Å². The predicted molar refractivity (Wildman–Crippen MR) is 352 cm³/mol. The minimum Gasteiger partial charge on any atom is -0.462 e. The minimum atomic E-state index is -0.828. The second-order valence-corrected chi connectivity index (χ2v) is 20.9. The van der Waals surface area contributed by atoms with E-state index in [1.54, 1.807) is 0 Å². The van der Waals surface area contributed by atoms with Gasteiger partial charge in [-0.1, -0.05) is 274 Å². The Morgan fingerprint density at radius 1 is 0.247 bits per heavy atom. The molecule has 81 heavy (non-hydrogen) atoms. The fourth-order valence-electron chi connectivity index (χ4n) is 8.44. The van der Waals surface area contributed by atoms with E-state index in [0.29, 0.717) is 19.3 Å². The largest absolute Gasteiger partial charge is 0.462 e. The van der Waals surface area contributed by atoms with Gasteiger partial charge < -0.3 is 14.2 Å². The lowest BCUT2D eigenvalue weighted by molar-refractivity contribution is -0.167. The number of ether oxygens (including phenoxy) is 3. The third kappa shape index (κ3) is 65.5. The van der Waals surface area contributed by atoms with Gasteiger partial charge in [0.05, 0.1) is 0 Å². The van der Waals surface area contributed by atoms with E-state index < -0.39 is 6.10 Å². The lowest BCUT2D eigenvalue weighted by Crippen LogP contribution is -2.30. The number of allylic oxidation sites excluding steroid dienone is 28. The van der Waals surface area contributed by atoms with Gasteiger partial charge in [0.1, 0.15) is 13.2 Å². The molecule has 1 unspecified atom stereocenters. The molecule has 0 aromatic heterocycles. The van der Waals surface area contributed by atoms with Gasteiger partial charge in [0.25, 0.3) is 0 Å². The van der Waals surface area contributed by atoms with E-state index in [0.717, 1.165) is 148 Å². The van der Waals surface area contributed by atoms with Crippen molar-refractivity contribution in [2.24, 2.45) is 0 Å². The summed E-state index contributed by atoms with van der Waals surface area (Å²) in [7, 11) is 0. The number of carbonyl (C=O) groups is 3. The number of carbonyl (C=O) groups excluding carboxylic acids is 3. The molecule has 0 aromatic carbocycles. The molecule has 0 heterocycles. The highest BCUT2D eigenvalue weighted by atomic mass is 16.6. The van der Waals surface area contributed by atoms with Crippen molar-refractivity contribution in [2.45, 2.75) is 271 Å². The lowest BCUT2D eigenvalue weighted by Gasteiger charge is -2.18. The topological polar surface area (TPSA) is 78.9 Å². The van der Waals surface area contributed by atoms with Crippen molar-refractivity contribution >= 4 is 17.9 Å². The summed E-state index contributed by atoms with van der Waals surface area (Å²) in [6.07, 6.45) is 99.4. The van der Waals surface area contributed by atoms with E-state index in [1.807, 2.05) is 0 Å². The highest BCUT2D eigenvalue weighted by Gasteiger charge is 2.19. The van der Waals surface area contributed by atoms with Gasteiger partial charge in [-0.15, -0.1) is 0 Å². The Kier molecular flexibility index (Phi) is 62.9. The Hall–Kier alpha value is -5.23. The maximum absolute atomic E-state index is 12.9. The first-order chi connectivity index (χ1) is 40.0. The summed E-state index contributed by atoms with van der Waals surface area (Å²) in [6.45, 7) is 6.23. The van der Waals surface area contributed by atoms with Gasteiger partial charge >= 0.3 is 17.9 Å². The molecule has 1 atom stereocenters. The molecule has 0 aliphatic carbocycles. The Morgan fingerprint density at radius 2 is 0.457 bits per heavy atom. The Morgan fingerprint density at radius 3 is 0.728 bits per heavy atom. The molecule has 6 nitrogen and oxygen atoms in total. The second-order valence-electron chi connectivity index (χ2n) is 20.9. The zero-order valence-corrected chi connectivity index (χ0v) is 52.0. The van der Waals surface area contributed by atoms with Crippen molar-refractivity contribution in [2.75, 3.05) is 13.2 Å². The van der Waals surface area contributed by atoms with Gasteiger partial charge in [-0.2, -0.15) is 0 Å². The van der Waals surface area contributed by atoms with E-state index in [9.17, 15) is 14.4 Å². The summed E-state index contributed by atoms with van der Waals surface area (Å²) in [5.41, 5.74) is 0. The van der Waals surface area contributed by atoms with Crippen LogP contribution < -0.4 is 0 Å². The molecule has 0 bridgehead atoms. The van der Waals surface area contributed by atoms with E-state index in [1.165, 1.54) is 70.6 Å². The Bertz CT molecular complexity index is 1860. The van der Waals surface area contributed by atoms with Crippen molar-refractivity contribution in [3.05, 3.63) is 170 Å². The summed E-state index contributed by atoms with van der Waals surface area (Å²) in [4.78, 5) is 38.3. The van der Waals surface area contributed by atoms with Crippen LogP contribution in [0.15, 0.2) is 170 Å².